The van der Waals surface area contributed by atoms with Crippen molar-refractivity contribution in [3.8, 4) is 11.8 Å². The Morgan fingerprint density at radius 2 is 2.00 bits per heavy atom. The first-order valence-corrected chi connectivity index (χ1v) is 9.80. The number of nitrogens with one attached hydrogen (secondary N) is 1. The number of benzene rings is 1. The fourth-order valence-electron chi connectivity index (χ4n) is 3.32. The summed E-state index contributed by atoms with van der Waals surface area (Å²) < 4.78 is 12.8. The molecule has 0 aliphatic rings. The van der Waals surface area contributed by atoms with E-state index in [0.717, 1.165) is 17.0 Å². The molecule has 1 aromatic carbocycles. The number of carbonyl (C=O) groups excluding carboxylic acids is 1. The van der Waals surface area contributed by atoms with Gasteiger partial charge in [0.1, 0.15) is 30.1 Å². The molecule has 2 N–H and O–H groups in total. The van der Waals surface area contributed by atoms with Crippen molar-refractivity contribution in [3.63, 3.8) is 0 Å². The lowest BCUT2D eigenvalue weighted by Gasteiger charge is -2.17. The van der Waals surface area contributed by atoms with Crippen LogP contribution in [-0.4, -0.2) is 48.6 Å². The van der Waals surface area contributed by atoms with Gasteiger partial charge in [-0.25, -0.2) is 0 Å². The molecular weight excluding hydrogens is 382 g/mol. The number of rotatable bonds is 10. The van der Waals surface area contributed by atoms with Crippen LogP contribution in [0.3, 0.4) is 0 Å². The summed E-state index contributed by atoms with van der Waals surface area (Å²) in [5.74, 6) is 0.101. The first-order valence-electron chi connectivity index (χ1n) is 9.80. The molecule has 0 bridgehead atoms. The molecule has 0 saturated heterocycles. The van der Waals surface area contributed by atoms with Crippen molar-refractivity contribution in [2.24, 2.45) is 0 Å². The Kier molecular flexibility index (Phi) is 8.66. The zero-order valence-electron chi connectivity index (χ0n) is 17.9. The highest BCUT2D eigenvalue weighted by Crippen LogP contribution is 2.22. The fraction of sp³-hybridized carbons (Fsp3) is 0.391. The maximum Gasteiger partial charge on any atom is 0.262 e. The van der Waals surface area contributed by atoms with E-state index in [1.54, 1.807) is 25.3 Å². The summed E-state index contributed by atoms with van der Waals surface area (Å²) in [6.07, 6.45) is 0.676. The lowest BCUT2D eigenvalue weighted by molar-refractivity contribution is -0.117. The predicted octanol–water partition coefficient (Wildman–Crippen LogP) is 2.78. The van der Waals surface area contributed by atoms with Gasteiger partial charge in [0.25, 0.3) is 5.91 Å². The summed E-state index contributed by atoms with van der Waals surface area (Å²) in [6.45, 7) is 6.55. The molecule has 7 nitrogen and oxygen atoms in total. The van der Waals surface area contributed by atoms with E-state index in [9.17, 15) is 15.2 Å². The van der Waals surface area contributed by atoms with E-state index >= 15 is 0 Å². The predicted molar refractivity (Wildman–Crippen MR) is 115 cm³/mol. The number of para-hydroxylation sites is 1. The number of nitriles is 1. The summed E-state index contributed by atoms with van der Waals surface area (Å²) >= 11 is 0. The molecule has 0 fully saturated rings. The molecule has 1 amide bonds. The number of hydrogen-bond acceptors (Lipinski definition) is 5. The van der Waals surface area contributed by atoms with Crippen molar-refractivity contribution >= 4 is 12.0 Å². The average molecular weight is 412 g/mol. The normalized spacial score (nSPS) is 13.4. The molecule has 0 aliphatic carbocycles. The minimum atomic E-state index is -0.894. The SMILES string of the molecule is COCC(C)n1c(C)cc(/C=C(/C#N)C(=O)NCC(O)COc2ccccc2)c1C. The van der Waals surface area contributed by atoms with Crippen LogP contribution in [0.4, 0.5) is 0 Å². The molecule has 30 heavy (non-hydrogen) atoms. The van der Waals surface area contributed by atoms with Crippen LogP contribution in [0.1, 0.15) is 29.9 Å². The number of aromatic nitrogens is 1. The van der Waals surface area contributed by atoms with Crippen molar-refractivity contribution < 1.29 is 19.4 Å². The fourth-order valence-corrected chi connectivity index (χ4v) is 3.32. The summed E-state index contributed by atoms with van der Waals surface area (Å²) in [6, 6.07) is 13.1. The van der Waals surface area contributed by atoms with E-state index in [0.29, 0.717) is 12.4 Å². The van der Waals surface area contributed by atoms with Crippen molar-refractivity contribution in [3.05, 3.63) is 58.9 Å². The van der Waals surface area contributed by atoms with E-state index in [4.69, 9.17) is 9.47 Å². The Bertz CT molecular complexity index is 913. The smallest absolute Gasteiger partial charge is 0.262 e. The van der Waals surface area contributed by atoms with Gasteiger partial charge >= 0.3 is 0 Å². The molecule has 0 saturated carbocycles. The van der Waals surface area contributed by atoms with Crippen LogP contribution in [0.2, 0.25) is 0 Å². The number of aliphatic hydroxyl groups excluding tert-OH is 1. The largest absolute Gasteiger partial charge is 0.491 e. The summed E-state index contributed by atoms with van der Waals surface area (Å²) in [5, 5.41) is 22.1. The first kappa shape index (κ1) is 23.2. The molecule has 2 rings (SSSR count). The summed E-state index contributed by atoms with van der Waals surface area (Å²) in [7, 11) is 1.66. The van der Waals surface area contributed by atoms with Gasteiger partial charge in [0, 0.05) is 25.0 Å². The number of aliphatic hydroxyl groups is 1. The second-order valence-corrected chi connectivity index (χ2v) is 7.16. The number of amides is 1. The molecule has 1 aromatic heterocycles. The Morgan fingerprint density at radius 1 is 1.30 bits per heavy atom. The number of methoxy groups -OCH3 is 1. The summed E-state index contributed by atoms with van der Waals surface area (Å²) in [4.78, 5) is 12.4. The van der Waals surface area contributed by atoms with E-state index in [1.807, 2.05) is 51.1 Å². The van der Waals surface area contributed by atoms with Crippen molar-refractivity contribution in [1.82, 2.24) is 9.88 Å². The van der Waals surface area contributed by atoms with Crippen LogP contribution < -0.4 is 10.1 Å². The molecule has 7 heteroatoms. The number of nitrogens with zero attached hydrogens (tertiary/aromatic N) is 2. The van der Waals surface area contributed by atoms with Crippen LogP contribution in [0.5, 0.6) is 5.75 Å². The van der Waals surface area contributed by atoms with Gasteiger partial charge < -0.3 is 24.5 Å². The second-order valence-electron chi connectivity index (χ2n) is 7.16. The van der Waals surface area contributed by atoms with E-state index in [2.05, 4.69) is 9.88 Å². The Morgan fingerprint density at radius 3 is 2.63 bits per heavy atom. The Hall–Kier alpha value is -3.08. The van der Waals surface area contributed by atoms with Gasteiger partial charge in [-0.2, -0.15) is 5.26 Å². The zero-order valence-corrected chi connectivity index (χ0v) is 17.9. The lowest BCUT2D eigenvalue weighted by Crippen LogP contribution is -2.35. The van der Waals surface area contributed by atoms with Gasteiger partial charge in [-0.15, -0.1) is 0 Å². The lowest BCUT2D eigenvalue weighted by atomic mass is 10.1. The maximum atomic E-state index is 12.4. The highest BCUT2D eigenvalue weighted by molar-refractivity contribution is 6.01. The molecule has 0 radical (unpaired) electrons. The van der Waals surface area contributed by atoms with Crippen molar-refractivity contribution in [2.45, 2.75) is 32.9 Å². The minimum absolute atomic E-state index is 0.0193. The van der Waals surface area contributed by atoms with Crippen molar-refractivity contribution in [2.75, 3.05) is 26.9 Å². The van der Waals surface area contributed by atoms with E-state index in [-0.39, 0.29) is 24.8 Å². The van der Waals surface area contributed by atoms with Crippen LogP contribution in [0.15, 0.2) is 42.0 Å². The monoisotopic (exact) mass is 411 g/mol. The third-order valence-corrected chi connectivity index (χ3v) is 4.72. The number of ether oxygens (including phenoxy) is 2. The molecule has 2 atom stereocenters. The topological polar surface area (TPSA) is 96.5 Å². The Labute approximate surface area is 177 Å². The van der Waals surface area contributed by atoms with Gasteiger partial charge in [-0.1, -0.05) is 18.2 Å². The highest BCUT2D eigenvalue weighted by Gasteiger charge is 2.16. The quantitative estimate of drug-likeness (QED) is 0.463. The molecule has 2 unspecified atom stereocenters. The van der Waals surface area contributed by atoms with Gasteiger partial charge in [0.2, 0.25) is 0 Å². The molecule has 160 valence electrons. The molecule has 2 aromatic rings. The van der Waals surface area contributed by atoms with Crippen LogP contribution in [0.25, 0.3) is 6.08 Å². The van der Waals surface area contributed by atoms with Crippen LogP contribution >= 0.6 is 0 Å². The second kappa shape index (κ2) is 11.2. The van der Waals surface area contributed by atoms with Crippen LogP contribution in [0, 0.1) is 25.2 Å². The molecular formula is C23H29N3O4. The highest BCUT2D eigenvalue weighted by atomic mass is 16.5. The summed E-state index contributed by atoms with van der Waals surface area (Å²) in [5.41, 5.74) is 2.75. The average Bonchev–Trinajstić information content (AvgIpc) is 3.02. The standard InChI is InChI=1S/C23H29N3O4/c1-16-10-19(18(3)26(16)17(2)14-29-4)11-20(12-24)23(28)25-13-21(27)15-30-22-8-6-5-7-9-22/h5-11,17,21,27H,13-15H2,1-4H3,(H,25,28)/b20-11-. The molecule has 0 aliphatic heterocycles. The zero-order chi connectivity index (χ0) is 22.1. The molecule has 1 heterocycles. The first-order chi connectivity index (χ1) is 14.4. The van der Waals surface area contributed by atoms with Crippen LogP contribution in [-0.2, 0) is 9.53 Å². The number of carbonyl (C=O) groups is 1. The van der Waals surface area contributed by atoms with Gasteiger partial charge in [-0.3, -0.25) is 4.79 Å². The Balaban J connectivity index is 2.00. The van der Waals surface area contributed by atoms with Crippen molar-refractivity contribution in [1.29, 1.82) is 5.26 Å². The minimum Gasteiger partial charge on any atom is -0.491 e. The van der Waals surface area contributed by atoms with E-state index < -0.39 is 12.0 Å². The number of aryl methyl sites for hydroxylation is 1. The maximum absolute atomic E-state index is 12.4. The third kappa shape index (κ3) is 6.21. The van der Waals surface area contributed by atoms with Gasteiger partial charge in [0.05, 0.1) is 12.6 Å². The number of hydrogen-bond donors (Lipinski definition) is 2. The molecule has 0 spiro atoms. The van der Waals surface area contributed by atoms with E-state index in [1.165, 1.54) is 0 Å². The van der Waals surface area contributed by atoms with Gasteiger partial charge in [0.15, 0.2) is 0 Å². The van der Waals surface area contributed by atoms with Gasteiger partial charge in [-0.05, 0) is 50.6 Å². The third-order valence-electron chi connectivity index (χ3n) is 4.72.